The molecule has 1 saturated heterocycles. The Hall–Kier alpha value is -3.01. The quantitative estimate of drug-likeness (QED) is 0.343. The molecule has 0 unspecified atom stereocenters. The molecule has 0 N–H and O–H groups in total. The Labute approximate surface area is 208 Å². The first-order chi connectivity index (χ1) is 17.1. The number of ether oxygens (including phenoxy) is 1. The summed E-state index contributed by atoms with van der Waals surface area (Å²) >= 11 is 1.49. The van der Waals surface area contributed by atoms with Crippen LogP contribution in [0.2, 0.25) is 0 Å². The Kier molecular flexibility index (Phi) is 7.26. The minimum Gasteiger partial charge on any atom is -0.410 e. The van der Waals surface area contributed by atoms with Crippen LogP contribution in [-0.2, 0) is 11.3 Å². The van der Waals surface area contributed by atoms with Crippen molar-refractivity contribution in [3.05, 3.63) is 70.5 Å². The summed E-state index contributed by atoms with van der Waals surface area (Å²) in [5, 5.41) is 14.9. The predicted molar refractivity (Wildman–Crippen MR) is 137 cm³/mol. The largest absolute Gasteiger partial charge is 0.410 e. The van der Waals surface area contributed by atoms with Gasteiger partial charge in [-0.2, -0.15) is 5.10 Å². The van der Waals surface area contributed by atoms with Crippen LogP contribution in [0.5, 0.6) is 0 Å². The fraction of sp³-hybridized carbons (Fsp3) is 0.385. The molecule has 2 aromatic carbocycles. The lowest BCUT2D eigenvalue weighted by atomic mass is 10.1. The van der Waals surface area contributed by atoms with E-state index in [0.29, 0.717) is 40.0 Å². The number of fused-ring (bicyclic) bond motifs is 1. The fourth-order valence-corrected chi connectivity index (χ4v) is 5.11. The lowest BCUT2D eigenvalue weighted by Gasteiger charge is -2.33. The first-order valence-corrected chi connectivity index (χ1v) is 12.9. The summed E-state index contributed by atoms with van der Waals surface area (Å²) in [5.74, 6) is 1.67. The van der Waals surface area contributed by atoms with E-state index in [1.54, 1.807) is 6.07 Å². The lowest BCUT2D eigenvalue weighted by molar-refractivity contribution is -0.0192. The maximum absolute atomic E-state index is 13.1. The average molecular weight is 492 g/mol. The van der Waals surface area contributed by atoms with Crippen molar-refractivity contribution >= 4 is 22.5 Å². The molecule has 4 aromatic rings. The van der Waals surface area contributed by atoms with Gasteiger partial charge in [0.15, 0.2) is 5.69 Å². The lowest BCUT2D eigenvalue weighted by Crippen LogP contribution is -2.44. The van der Waals surface area contributed by atoms with E-state index in [1.165, 1.54) is 16.4 Å². The highest BCUT2D eigenvalue weighted by atomic mass is 32.2. The third kappa shape index (κ3) is 5.63. The number of hydrogen-bond donors (Lipinski definition) is 0. The number of thioether (sulfide) groups is 1. The highest BCUT2D eigenvalue weighted by molar-refractivity contribution is 7.99. The van der Waals surface area contributed by atoms with Crippen LogP contribution < -0.4 is 5.56 Å². The molecule has 0 radical (unpaired) electrons. The Morgan fingerprint density at radius 1 is 1.06 bits per heavy atom. The number of nitrogens with zero attached hydrogens (tertiary/aromatic N) is 5. The van der Waals surface area contributed by atoms with Crippen LogP contribution >= 0.6 is 11.8 Å². The Morgan fingerprint density at radius 2 is 1.83 bits per heavy atom. The van der Waals surface area contributed by atoms with E-state index in [-0.39, 0.29) is 11.7 Å². The highest BCUT2D eigenvalue weighted by Gasteiger charge is 2.23. The molecule has 8 nitrogen and oxygen atoms in total. The van der Waals surface area contributed by atoms with Gasteiger partial charge in [0, 0.05) is 30.8 Å². The molecule has 1 aliphatic heterocycles. The van der Waals surface area contributed by atoms with Crippen molar-refractivity contribution in [3.8, 4) is 11.6 Å². The molecular weight excluding hydrogens is 462 g/mol. The van der Waals surface area contributed by atoms with Gasteiger partial charge in [0.05, 0.1) is 24.6 Å². The van der Waals surface area contributed by atoms with E-state index in [1.807, 2.05) is 48.5 Å². The molecule has 0 spiro atoms. The molecule has 0 aliphatic carbocycles. The Balaban J connectivity index is 1.37. The second-order valence-corrected chi connectivity index (χ2v) is 10.1. The predicted octanol–water partition coefficient (Wildman–Crippen LogP) is 3.94. The molecule has 1 fully saturated rings. The van der Waals surface area contributed by atoms with Crippen molar-refractivity contribution < 1.29 is 9.15 Å². The number of benzene rings is 2. The molecule has 2 aromatic heterocycles. The highest BCUT2D eigenvalue weighted by Crippen LogP contribution is 2.27. The van der Waals surface area contributed by atoms with Gasteiger partial charge in [-0.05, 0) is 17.5 Å². The number of hydrogen-bond acceptors (Lipinski definition) is 8. The van der Waals surface area contributed by atoms with E-state index < -0.39 is 0 Å². The number of aromatic nitrogens is 4. The van der Waals surface area contributed by atoms with E-state index in [4.69, 9.17) is 9.15 Å². The second kappa shape index (κ2) is 10.7. The molecular formula is C26H29N5O3S. The molecule has 5 rings (SSSR count). The summed E-state index contributed by atoms with van der Waals surface area (Å²) in [6, 6.07) is 17.2. The van der Waals surface area contributed by atoms with Crippen molar-refractivity contribution in [1.82, 2.24) is 24.9 Å². The molecule has 0 amide bonds. The zero-order valence-corrected chi connectivity index (χ0v) is 20.8. The van der Waals surface area contributed by atoms with E-state index in [0.717, 1.165) is 37.6 Å². The van der Waals surface area contributed by atoms with E-state index in [2.05, 4.69) is 34.0 Å². The van der Waals surface area contributed by atoms with Gasteiger partial charge in [0.25, 0.3) is 16.7 Å². The summed E-state index contributed by atoms with van der Waals surface area (Å²) in [4.78, 5) is 15.6. The van der Waals surface area contributed by atoms with Crippen LogP contribution in [0.25, 0.3) is 22.4 Å². The van der Waals surface area contributed by atoms with Crippen molar-refractivity contribution in [3.63, 3.8) is 0 Å². The fourth-order valence-electron chi connectivity index (χ4n) is 4.35. The normalized spacial score (nSPS) is 16.8. The summed E-state index contributed by atoms with van der Waals surface area (Å²) < 4.78 is 13.4. The third-order valence-electron chi connectivity index (χ3n) is 5.89. The van der Waals surface area contributed by atoms with Gasteiger partial charge in [-0.25, -0.2) is 4.68 Å². The van der Waals surface area contributed by atoms with Crippen LogP contribution in [0.4, 0.5) is 0 Å². The minimum atomic E-state index is -0.150. The maximum Gasteiger partial charge on any atom is 0.277 e. The summed E-state index contributed by atoms with van der Waals surface area (Å²) in [6.45, 7) is 8.53. The molecule has 3 heterocycles. The topological polar surface area (TPSA) is 86.3 Å². The SMILES string of the molecule is CC(C)CN1CCO[C@H](CSc2nnc(-c3nn(Cc4ccccc4)c(=O)c4ccccc34)o2)C1. The van der Waals surface area contributed by atoms with Gasteiger partial charge >= 0.3 is 0 Å². The van der Waals surface area contributed by atoms with Gasteiger partial charge in [-0.3, -0.25) is 9.69 Å². The molecule has 1 aliphatic rings. The maximum atomic E-state index is 13.1. The first kappa shape index (κ1) is 23.7. The molecule has 0 saturated carbocycles. The molecule has 1 atom stereocenters. The number of rotatable bonds is 8. The standard InChI is InChI=1S/C26H29N5O3S/c1-18(2)14-30-12-13-33-20(16-30)17-35-26-28-27-24(34-26)23-21-10-6-7-11-22(21)25(32)31(29-23)15-19-8-4-3-5-9-19/h3-11,18,20H,12-17H2,1-2H3/t20-/m0/s1. The first-order valence-electron chi connectivity index (χ1n) is 11.9. The zero-order chi connectivity index (χ0) is 24.2. The van der Waals surface area contributed by atoms with Crippen LogP contribution in [0.3, 0.4) is 0 Å². The van der Waals surface area contributed by atoms with E-state index >= 15 is 0 Å². The van der Waals surface area contributed by atoms with Crippen LogP contribution in [0.15, 0.2) is 69.0 Å². The third-order valence-corrected chi connectivity index (χ3v) is 6.84. The summed E-state index contributed by atoms with van der Waals surface area (Å²) in [5.41, 5.74) is 1.35. The van der Waals surface area contributed by atoms with Gasteiger partial charge in [0.1, 0.15) is 0 Å². The van der Waals surface area contributed by atoms with Gasteiger partial charge in [0.2, 0.25) is 0 Å². The van der Waals surface area contributed by atoms with Crippen LogP contribution in [0.1, 0.15) is 19.4 Å². The average Bonchev–Trinajstić information content (AvgIpc) is 3.34. The van der Waals surface area contributed by atoms with Crippen molar-refractivity contribution in [1.29, 1.82) is 0 Å². The zero-order valence-electron chi connectivity index (χ0n) is 20.0. The summed E-state index contributed by atoms with van der Waals surface area (Å²) in [6.07, 6.45) is 0.120. The monoisotopic (exact) mass is 491 g/mol. The van der Waals surface area contributed by atoms with Crippen molar-refractivity contribution in [2.75, 3.05) is 32.0 Å². The van der Waals surface area contributed by atoms with E-state index in [9.17, 15) is 4.79 Å². The van der Waals surface area contributed by atoms with Crippen molar-refractivity contribution in [2.24, 2.45) is 5.92 Å². The minimum absolute atomic E-state index is 0.120. The molecule has 0 bridgehead atoms. The summed E-state index contributed by atoms with van der Waals surface area (Å²) in [7, 11) is 0. The van der Waals surface area contributed by atoms with Gasteiger partial charge in [-0.1, -0.05) is 74.1 Å². The second-order valence-electron chi connectivity index (χ2n) is 9.17. The van der Waals surface area contributed by atoms with Gasteiger partial charge in [-0.15, -0.1) is 10.2 Å². The van der Waals surface area contributed by atoms with Crippen molar-refractivity contribution in [2.45, 2.75) is 31.7 Å². The molecule has 35 heavy (non-hydrogen) atoms. The Bertz CT molecular complexity index is 1340. The van der Waals surface area contributed by atoms with Crippen LogP contribution in [0, 0.1) is 5.92 Å². The smallest absolute Gasteiger partial charge is 0.277 e. The number of morpholine rings is 1. The van der Waals surface area contributed by atoms with Gasteiger partial charge < -0.3 is 9.15 Å². The van der Waals surface area contributed by atoms with Crippen LogP contribution in [-0.4, -0.2) is 63.0 Å². The Morgan fingerprint density at radius 3 is 2.63 bits per heavy atom. The molecule has 9 heteroatoms. The molecule has 182 valence electrons.